The van der Waals surface area contributed by atoms with Gasteiger partial charge in [-0.1, -0.05) is 75.4 Å². The van der Waals surface area contributed by atoms with Gasteiger partial charge < -0.3 is 20.9 Å². The van der Waals surface area contributed by atoms with E-state index in [1.807, 2.05) is 63.2 Å². The number of alkyl halides is 3. The van der Waals surface area contributed by atoms with Crippen molar-refractivity contribution in [2.24, 2.45) is 5.41 Å². The lowest BCUT2D eigenvalue weighted by Crippen LogP contribution is -2.60. The van der Waals surface area contributed by atoms with Gasteiger partial charge in [0, 0.05) is 0 Å². The number of fused-ring (bicyclic) bond motifs is 1. The van der Waals surface area contributed by atoms with E-state index < -0.39 is 36.0 Å². The first kappa shape index (κ1) is 34.8. The molecule has 0 saturated carbocycles. The summed E-state index contributed by atoms with van der Waals surface area (Å²) in [7, 11) is 1.72. The molecule has 44 heavy (non-hydrogen) atoms. The van der Waals surface area contributed by atoms with Gasteiger partial charge in [-0.3, -0.25) is 19.2 Å². The number of likely N-dealkylation sites (tertiary alicyclic amines) is 1. The van der Waals surface area contributed by atoms with Crippen molar-refractivity contribution in [3.8, 4) is 0 Å². The number of amides is 3. The van der Waals surface area contributed by atoms with E-state index in [4.69, 9.17) is 4.79 Å². The second-order valence-corrected chi connectivity index (χ2v) is 12.4. The Kier molecular flexibility index (Phi) is 11.7. The van der Waals surface area contributed by atoms with Crippen LogP contribution in [-0.2, 0) is 25.6 Å². The van der Waals surface area contributed by atoms with Crippen LogP contribution in [0.4, 0.5) is 13.2 Å². The Morgan fingerprint density at radius 1 is 0.955 bits per heavy atom. The van der Waals surface area contributed by atoms with Crippen LogP contribution >= 0.6 is 0 Å². The number of halogens is 3. The fourth-order valence-electron chi connectivity index (χ4n) is 5.75. The molecule has 3 amide bonds. The summed E-state index contributed by atoms with van der Waals surface area (Å²) in [5.74, 6) is -0.582. The van der Waals surface area contributed by atoms with Crippen molar-refractivity contribution < 1.29 is 32.3 Å². The topological polar surface area (TPSA) is 108 Å². The normalized spacial score (nSPS) is 21.2. The minimum atomic E-state index is -4.64. The first-order valence-corrected chi connectivity index (χ1v) is 14.9. The summed E-state index contributed by atoms with van der Waals surface area (Å²) in [6.07, 6.45) is -1.52. The van der Waals surface area contributed by atoms with Crippen LogP contribution in [0.3, 0.4) is 0 Å². The number of benzene rings is 2. The van der Waals surface area contributed by atoms with E-state index in [0.717, 1.165) is 24.8 Å². The molecule has 1 saturated heterocycles. The third-order valence-corrected chi connectivity index (χ3v) is 8.17. The Bertz CT molecular complexity index is 1300. The molecule has 0 aromatic heterocycles. The van der Waals surface area contributed by atoms with Crippen molar-refractivity contribution in [3.63, 3.8) is 0 Å². The highest BCUT2D eigenvalue weighted by Gasteiger charge is 2.47. The first-order valence-electron chi connectivity index (χ1n) is 14.9. The minimum absolute atomic E-state index is 0.0604. The lowest BCUT2D eigenvalue weighted by Gasteiger charge is -2.39. The Labute approximate surface area is 257 Å². The molecular weight excluding hydrogens is 573 g/mol. The second kappa shape index (κ2) is 14.8. The lowest BCUT2D eigenvalue weighted by molar-refractivity contribution is -0.156. The molecule has 0 spiro atoms. The van der Waals surface area contributed by atoms with Gasteiger partial charge in [0.25, 0.3) is 0 Å². The molecule has 1 aliphatic heterocycles. The number of rotatable bonds is 7. The van der Waals surface area contributed by atoms with Crippen molar-refractivity contribution in [2.75, 3.05) is 7.05 Å². The zero-order chi connectivity index (χ0) is 32.7. The lowest BCUT2D eigenvalue weighted by atomic mass is 9.85. The Morgan fingerprint density at radius 2 is 1.57 bits per heavy atom. The number of nitrogens with zero attached hydrogens (tertiary/aromatic N) is 1. The molecule has 0 bridgehead atoms. The van der Waals surface area contributed by atoms with E-state index in [1.165, 1.54) is 11.1 Å². The van der Waals surface area contributed by atoms with Gasteiger partial charge in [0.2, 0.25) is 24.0 Å². The van der Waals surface area contributed by atoms with Crippen LogP contribution in [0.1, 0.15) is 82.2 Å². The second-order valence-electron chi connectivity index (χ2n) is 12.4. The number of hydrogen-bond acceptors (Lipinski definition) is 5. The number of carbonyl (C=O) groups excluding carboxylic acids is 4. The zero-order valence-electron chi connectivity index (χ0n) is 25.9. The van der Waals surface area contributed by atoms with Crippen LogP contribution < -0.4 is 16.0 Å². The Hall–Kier alpha value is -3.73. The van der Waals surface area contributed by atoms with Crippen LogP contribution in [-0.4, -0.2) is 60.3 Å². The molecule has 1 fully saturated rings. The summed E-state index contributed by atoms with van der Waals surface area (Å²) in [4.78, 5) is 51.5. The molecule has 1 heterocycles. The summed E-state index contributed by atoms with van der Waals surface area (Å²) >= 11 is 0. The molecule has 8 nitrogen and oxygen atoms in total. The van der Waals surface area contributed by atoms with E-state index in [9.17, 15) is 27.6 Å². The summed E-state index contributed by atoms with van der Waals surface area (Å²) in [6.45, 7) is 7.60. The number of carbonyl (C=O) groups is 4. The van der Waals surface area contributed by atoms with Gasteiger partial charge in [0.1, 0.15) is 12.1 Å². The molecule has 240 valence electrons. The highest BCUT2D eigenvalue weighted by atomic mass is 19.4. The van der Waals surface area contributed by atoms with Crippen LogP contribution in [0.5, 0.6) is 0 Å². The van der Waals surface area contributed by atoms with Crippen LogP contribution in [0.25, 0.3) is 0 Å². The molecular formula is C33H43F3N4O4. The number of aldehydes is 1. The molecule has 3 N–H and O–H groups in total. The highest BCUT2D eigenvalue weighted by Crippen LogP contribution is 2.39. The van der Waals surface area contributed by atoms with Gasteiger partial charge in [-0.05, 0) is 68.2 Å². The van der Waals surface area contributed by atoms with E-state index in [-0.39, 0.29) is 29.8 Å². The smallest absolute Gasteiger partial charge is 0.347 e. The first-order chi connectivity index (χ1) is 20.7. The van der Waals surface area contributed by atoms with Crippen LogP contribution in [0.15, 0.2) is 54.6 Å². The SMILES string of the molecule is CN[C@@H](C)C(=O)NC(C(=O)N1[C@H](C(=O)N[C@@H]2CCCc3ccccc32)CC[C@H]1c1ccccc1)C(C)(C)C.O=CC(F)(F)F. The molecule has 1 unspecified atom stereocenters. The van der Waals surface area contributed by atoms with Crippen molar-refractivity contribution in [2.45, 2.75) is 96.2 Å². The average molecular weight is 617 g/mol. The predicted molar refractivity (Wildman–Crippen MR) is 161 cm³/mol. The van der Waals surface area contributed by atoms with Gasteiger partial charge in [-0.15, -0.1) is 0 Å². The van der Waals surface area contributed by atoms with E-state index in [1.54, 1.807) is 18.9 Å². The Morgan fingerprint density at radius 3 is 2.16 bits per heavy atom. The Balaban J connectivity index is 0.000000801. The average Bonchev–Trinajstić information content (AvgIpc) is 3.44. The summed E-state index contributed by atoms with van der Waals surface area (Å²) in [5, 5.41) is 9.22. The third-order valence-electron chi connectivity index (χ3n) is 8.17. The largest absolute Gasteiger partial charge is 0.446 e. The van der Waals surface area contributed by atoms with Gasteiger partial charge in [-0.2, -0.15) is 13.2 Å². The molecule has 11 heteroatoms. The maximum absolute atomic E-state index is 14.3. The van der Waals surface area contributed by atoms with Gasteiger partial charge >= 0.3 is 6.18 Å². The number of likely N-dealkylation sites (N-methyl/N-ethyl adjacent to an activating group) is 1. The van der Waals surface area contributed by atoms with Crippen molar-refractivity contribution in [1.29, 1.82) is 0 Å². The third kappa shape index (κ3) is 8.90. The molecule has 1 aliphatic carbocycles. The fourth-order valence-corrected chi connectivity index (χ4v) is 5.75. The molecule has 2 aliphatic rings. The van der Waals surface area contributed by atoms with Crippen LogP contribution in [0, 0.1) is 5.41 Å². The van der Waals surface area contributed by atoms with E-state index in [0.29, 0.717) is 12.8 Å². The number of aryl methyl sites for hydroxylation is 1. The fraction of sp³-hybridized carbons (Fsp3) is 0.515. The van der Waals surface area contributed by atoms with Crippen molar-refractivity contribution in [1.82, 2.24) is 20.9 Å². The molecule has 2 aromatic rings. The monoisotopic (exact) mass is 616 g/mol. The molecule has 5 atom stereocenters. The van der Waals surface area contributed by atoms with Crippen molar-refractivity contribution >= 4 is 24.0 Å². The summed E-state index contributed by atoms with van der Waals surface area (Å²) in [5.41, 5.74) is 2.90. The zero-order valence-corrected chi connectivity index (χ0v) is 25.9. The van der Waals surface area contributed by atoms with Gasteiger partial charge in [0.15, 0.2) is 0 Å². The minimum Gasteiger partial charge on any atom is -0.347 e. The molecule has 4 rings (SSSR count). The molecule has 2 aromatic carbocycles. The molecule has 0 radical (unpaired) electrons. The number of hydrogen-bond donors (Lipinski definition) is 3. The maximum atomic E-state index is 14.3. The predicted octanol–water partition coefficient (Wildman–Crippen LogP) is 4.80. The van der Waals surface area contributed by atoms with E-state index in [2.05, 4.69) is 28.1 Å². The van der Waals surface area contributed by atoms with Crippen molar-refractivity contribution in [3.05, 3.63) is 71.3 Å². The van der Waals surface area contributed by atoms with Gasteiger partial charge in [0.05, 0.1) is 18.1 Å². The van der Waals surface area contributed by atoms with Gasteiger partial charge in [-0.25, -0.2) is 0 Å². The number of nitrogens with one attached hydrogen (secondary N) is 3. The van der Waals surface area contributed by atoms with Crippen LogP contribution in [0.2, 0.25) is 0 Å². The summed E-state index contributed by atoms with van der Waals surface area (Å²) < 4.78 is 31.2. The standard InChI is InChI=1S/C31H42N4O3.C2HF3O/c1-20(32-5)28(36)34-27(31(2,3)4)30(38)35-25(22-13-7-6-8-14-22)18-19-26(35)29(37)33-24-17-11-15-21-12-9-10-16-23(21)24;3-2(4,5)1-6/h6-10,12-14,16,20,24-27,32H,11,15,17-19H2,1-5H3,(H,33,37)(H,34,36);1H/t20-,24+,25-,26-,27?;/m0./s1. The maximum Gasteiger partial charge on any atom is 0.446 e. The quantitative estimate of drug-likeness (QED) is 0.388. The summed E-state index contributed by atoms with van der Waals surface area (Å²) in [6, 6.07) is 16.1. The highest BCUT2D eigenvalue weighted by molar-refractivity contribution is 5.94. The van der Waals surface area contributed by atoms with E-state index >= 15 is 0 Å².